The molecular weight excluding hydrogens is 306 g/mol. The molecule has 1 aliphatic rings. The van der Waals surface area contributed by atoms with Crippen LogP contribution in [0.25, 0.3) is 0 Å². The maximum absolute atomic E-state index is 12.5. The Morgan fingerprint density at radius 3 is 2.91 bits per heavy atom. The Labute approximate surface area is 131 Å². The van der Waals surface area contributed by atoms with Crippen molar-refractivity contribution in [1.29, 1.82) is 0 Å². The van der Waals surface area contributed by atoms with E-state index in [9.17, 15) is 13.6 Å². The van der Waals surface area contributed by atoms with Gasteiger partial charge in [-0.2, -0.15) is 10.2 Å². The summed E-state index contributed by atoms with van der Waals surface area (Å²) in [5.41, 5.74) is 1.43. The number of aromatic nitrogens is 4. The second kappa shape index (κ2) is 6.45. The van der Waals surface area contributed by atoms with Crippen molar-refractivity contribution in [3.05, 3.63) is 30.4 Å². The van der Waals surface area contributed by atoms with E-state index in [4.69, 9.17) is 0 Å². The summed E-state index contributed by atoms with van der Waals surface area (Å²) in [5, 5.41) is 13.9. The normalized spacial score (nSPS) is 21.0. The third-order valence-electron chi connectivity index (χ3n) is 3.93. The quantitative estimate of drug-likeness (QED) is 0.854. The smallest absolute Gasteiger partial charge is 0.257 e. The molecule has 0 aromatic carbocycles. The zero-order chi connectivity index (χ0) is 16.4. The van der Waals surface area contributed by atoms with E-state index >= 15 is 0 Å². The number of nitrogens with zero attached hydrogens (tertiary/aromatic N) is 4. The fourth-order valence-electron chi connectivity index (χ4n) is 2.84. The molecule has 1 aliphatic heterocycles. The summed E-state index contributed by atoms with van der Waals surface area (Å²) in [7, 11) is 1.83. The molecule has 0 bridgehead atoms. The zero-order valence-corrected chi connectivity index (χ0v) is 12.6. The van der Waals surface area contributed by atoms with Crippen LogP contribution >= 0.6 is 0 Å². The van der Waals surface area contributed by atoms with Crippen LogP contribution in [0.1, 0.15) is 11.5 Å². The van der Waals surface area contributed by atoms with E-state index in [0.29, 0.717) is 18.8 Å². The Morgan fingerprint density at radius 2 is 2.22 bits per heavy atom. The van der Waals surface area contributed by atoms with Gasteiger partial charge in [0.25, 0.3) is 6.43 Å². The van der Waals surface area contributed by atoms with Gasteiger partial charge in [-0.3, -0.25) is 14.2 Å². The van der Waals surface area contributed by atoms with Gasteiger partial charge in [0.05, 0.1) is 24.0 Å². The SMILES string of the molecule is Cn1cc([C@H]2CNC[C@@H]2C(=O)Nc2cnn(CC(F)F)c2)cn1. The number of amides is 1. The Balaban J connectivity index is 1.66. The van der Waals surface area contributed by atoms with Crippen LogP contribution in [0.2, 0.25) is 0 Å². The van der Waals surface area contributed by atoms with E-state index in [1.54, 1.807) is 10.9 Å². The summed E-state index contributed by atoms with van der Waals surface area (Å²) < 4.78 is 27.5. The molecular formula is C14H18F2N6O. The van der Waals surface area contributed by atoms with Crippen LogP contribution in [0.15, 0.2) is 24.8 Å². The molecule has 2 aromatic rings. The number of rotatable bonds is 5. The van der Waals surface area contributed by atoms with Crippen LogP contribution < -0.4 is 10.6 Å². The molecule has 9 heteroatoms. The first-order chi connectivity index (χ1) is 11.0. The average molecular weight is 324 g/mol. The maximum Gasteiger partial charge on any atom is 0.257 e. The number of anilines is 1. The summed E-state index contributed by atoms with van der Waals surface area (Å²) >= 11 is 0. The molecule has 23 heavy (non-hydrogen) atoms. The number of carbonyl (C=O) groups is 1. The van der Waals surface area contributed by atoms with Gasteiger partial charge in [0.1, 0.15) is 6.54 Å². The van der Waals surface area contributed by atoms with Gasteiger partial charge in [-0.1, -0.05) is 0 Å². The van der Waals surface area contributed by atoms with Gasteiger partial charge in [0, 0.05) is 38.4 Å². The number of hydrogen-bond donors (Lipinski definition) is 2. The first-order valence-electron chi connectivity index (χ1n) is 7.33. The van der Waals surface area contributed by atoms with Crippen molar-refractivity contribution in [1.82, 2.24) is 24.9 Å². The highest BCUT2D eigenvalue weighted by atomic mass is 19.3. The lowest BCUT2D eigenvalue weighted by atomic mass is 9.90. The van der Waals surface area contributed by atoms with Gasteiger partial charge in [0.2, 0.25) is 5.91 Å². The molecule has 2 aromatic heterocycles. The number of carbonyl (C=O) groups excluding carboxylic acids is 1. The number of nitrogens with one attached hydrogen (secondary N) is 2. The summed E-state index contributed by atoms with van der Waals surface area (Å²) in [6, 6.07) is 0. The van der Waals surface area contributed by atoms with Gasteiger partial charge in [-0.05, 0) is 5.56 Å². The first kappa shape index (κ1) is 15.6. The van der Waals surface area contributed by atoms with Crippen molar-refractivity contribution >= 4 is 11.6 Å². The van der Waals surface area contributed by atoms with Crippen molar-refractivity contribution in [3.63, 3.8) is 0 Å². The van der Waals surface area contributed by atoms with E-state index in [-0.39, 0.29) is 17.7 Å². The number of alkyl halides is 2. The molecule has 3 rings (SSSR count). The van der Waals surface area contributed by atoms with Crippen molar-refractivity contribution in [3.8, 4) is 0 Å². The van der Waals surface area contributed by atoms with Crippen LogP contribution in [-0.4, -0.2) is 45.0 Å². The molecule has 0 unspecified atom stereocenters. The molecule has 1 amide bonds. The van der Waals surface area contributed by atoms with Gasteiger partial charge in [0.15, 0.2) is 0 Å². The van der Waals surface area contributed by atoms with E-state index in [1.807, 2.05) is 13.2 Å². The van der Waals surface area contributed by atoms with Crippen LogP contribution in [0.4, 0.5) is 14.5 Å². The van der Waals surface area contributed by atoms with Gasteiger partial charge < -0.3 is 10.6 Å². The molecule has 7 nitrogen and oxygen atoms in total. The van der Waals surface area contributed by atoms with E-state index < -0.39 is 13.0 Å². The Kier molecular flexibility index (Phi) is 4.37. The lowest BCUT2D eigenvalue weighted by Crippen LogP contribution is -2.27. The van der Waals surface area contributed by atoms with E-state index in [0.717, 1.165) is 10.2 Å². The Hall–Kier alpha value is -2.29. The molecule has 1 fully saturated rings. The predicted molar refractivity (Wildman–Crippen MR) is 79.2 cm³/mol. The Bertz CT molecular complexity index is 682. The number of halogens is 2. The highest BCUT2D eigenvalue weighted by Crippen LogP contribution is 2.28. The van der Waals surface area contributed by atoms with Crippen molar-refractivity contribution in [2.45, 2.75) is 18.9 Å². The summed E-state index contributed by atoms with van der Waals surface area (Å²) in [6.07, 6.45) is 3.97. The standard InChI is InChI=1S/C14H18F2N6O/c1-21-6-9(2-18-21)11-4-17-5-12(11)14(23)20-10-3-19-22(7-10)8-13(15)16/h2-3,6-7,11-13,17H,4-5,8H2,1H3,(H,20,23)/t11-,12+/m1/s1. The lowest BCUT2D eigenvalue weighted by Gasteiger charge is -2.16. The minimum atomic E-state index is -2.48. The largest absolute Gasteiger partial charge is 0.323 e. The highest BCUT2D eigenvalue weighted by molar-refractivity contribution is 5.93. The topological polar surface area (TPSA) is 76.8 Å². The van der Waals surface area contributed by atoms with Crippen LogP contribution in [0.3, 0.4) is 0 Å². The van der Waals surface area contributed by atoms with E-state index in [2.05, 4.69) is 20.8 Å². The molecule has 1 saturated heterocycles. The zero-order valence-electron chi connectivity index (χ0n) is 12.6. The van der Waals surface area contributed by atoms with Gasteiger partial charge in [-0.15, -0.1) is 0 Å². The average Bonchev–Trinajstić information content (AvgIpc) is 3.18. The maximum atomic E-state index is 12.5. The van der Waals surface area contributed by atoms with Crippen molar-refractivity contribution in [2.24, 2.45) is 13.0 Å². The second-order valence-corrected chi connectivity index (χ2v) is 5.65. The number of hydrogen-bond acceptors (Lipinski definition) is 4. The van der Waals surface area contributed by atoms with Crippen LogP contribution in [-0.2, 0) is 18.4 Å². The molecule has 124 valence electrons. The summed E-state index contributed by atoms with van der Waals surface area (Å²) in [5.74, 6) is -0.349. The molecule has 0 aliphatic carbocycles. The van der Waals surface area contributed by atoms with Gasteiger partial charge in [-0.25, -0.2) is 8.78 Å². The minimum absolute atomic E-state index is 0.0415. The fourth-order valence-corrected chi connectivity index (χ4v) is 2.84. The molecule has 3 heterocycles. The number of aryl methyl sites for hydroxylation is 1. The van der Waals surface area contributed by atoms with Crippen LogP contribution in [0, 0.1) is 5.92 Å². The molecule has 0 radical (unpaired) electrons. The monoisotopic (exact) mass is 324 g/mol. The second-order valence-electron chi connectivity index (χ2n) is 5.65. The molecule has 0 saturated carbocycles. The van der Waals surface area contributed by atoms with Crippen molar-refractivity contribution in [2.75, 3.05) is 18.4 Å². The highest BCUT2D eigenvalue weighted by Gasteiger charge is 2.34. The predicted octanol–water partition coefficient (Wildman–Crippen LogP) is 0.823. The first-order valence-corrected chi connectivity index (χ1v) is 7.33. The summed E-state index contributed by atoms with van der Waals surface area (Å²) in [6.45, 7) is 0.782. The molecule has 0 spiro atoms. The van der Waals surface area contributed by atoms with Crippen LogP contribution in [0.5, 0.6) is 0 Å². The molecule has 2 N–H and O–H groups in total. The third-order valence-corrected chi connectivity index (χ3v) is 3.93. The fraction of sp³-hybridized carbons (Fsp3) is 0.500. The summed E-state index contributed by atoms with van der Waals surface area (Å²) in [4.78, 5) is 12.5. The van der Waals surface area contributed by atoms with Gasteiger partial charge >= 0.3 is 0 Å². The minimum Gasteiger partial charge on any atom is -0.323 e. The third kappa shape index (κ3) is 3.55. The molecule has 2 atom stereocenters. The lowest BCUT2D eigenvalue weighted by molar-refractivity contribution is -0.119. The van der Waals surface area contributed by atoms with E-state index in [1.165, 1.54) is 12.4 Å². The van der Waals surface area contributed by atoms with Crippen molar-refractivity contribution < 1.29 is 13.6 Å². The Morgan fingerprint density at radius 1 is 1.39 bits per heavy atom.